The number of carbonyl (C=O) groups excluding carboxylic acids is 1. The van der Waals surface area contributed by atoms with E-state index in [4.69, 9.17) is 30.1 Å². The first-order valence-corrected chi connectivity index (χ1v) is 10.3. The molecule has 162 valence electrons. The van der Waals surface area contributed by atoms with Gasteiger partial charge in [0, 0.05) is 25.0 Å². The Hall–Kier alpha value is -2.53. The number of terminal acetylenes is 1. The number of hydrogen-bond acceptors (Lipinski definition) is 6. The van der Waals surface area contributed by atoms with Gasteiger partial charge in [-0.15, -0.1) is 6.42 Å². The minimum Gasteiger partial charge on any atom is -0.368 e. The molecule has 31 heavy (non-hydrogen) atoms. The maximum Gasteiger partial charge on any atom is 0.205 e. The first-order chi connectivity index (χ1) is 15.2. The van der Waals surface area contributed by atoms with Crippen molar-refractivity contribution in [1.29, 1.82) is 0 Å². The molecule has 1 unspecified atom stereocenters. The second-order valence-corrected chi connectivity index (χ2v) is 7.65. The maximum atomic E-state index is 12.3. The molecule has 2 aromatic rings. The van der Waals surface area contributed by atoms with Gasteiger partial charge in [0.1, 0.15) is 12.2 Å². The summed E-state index contributed by atoms with van der Waals surface area (Å²) in [6, 6.07) is 19.5. The number of ketones is 1. The fraction of sp³-hybridized carbons (Fsp3) is 0.400. The van der Waals surface area contributed by atoms with E-state index in [9.17, 15) is 4.79 Å². The van der Waals surface area contributed by atoms with Gasteiger partial charge in [-0.05, 0) is 11.5 Å². The first-order valence-electron chi connectivity index (χ1n) is 10.3. The third kappa shape index (κ3) is 5.04. The van der Waals surface area contributed by atoms with Crippen molar-refractivity contribution in [2.75, 3.05) is 13.7 Å². The standard InChI is InChI=1S/C25H26O6/c1-3-19(26)14-20-22-21(16-29-24(31-22)18-12-8-5-9-13-18)30-25(27-2)23(20)28-15-17-10-6-4-7-11-17/h1,4-13,20-25H,14-16H2,2H3/t20-,21-,22+,23+,24?,25+/m1/s1. The van der Waals surface area contributed by atoms with Crippen molar-refractivity contribution < 1.29 is 28.5 Å². The van der Waals surface area contributed by atoms with Crippen LogP contribution in [0.5, 0.6) is 0 Å². The minimum atomic E-state index is -0.666. The third-order valence-corrected chi connectivity index (χ3v) is 5.65. The molecule has 0 aliphatic carbocycles. The minimum absolute atomic E-state index is 0.113. The Bertz CT molecular complexity index is 887. The van der Waals surface area contributed by atoms with Crippen molar-refractivity contribution in [3.05, 3.63) is 71.8 Å². The van der Waals surface area contributed by atoms with Gasteiger partial charge in [-0.25, -0.2) is 0 Å². The Kier molecular flexibility index (Phi) is 7.13. The van der Waals surface area contributed by atoms with Gasteiger partial charge in [0.2, 0.25) is 5.78 Å². The summed E-state index contributed by atoms with van der Waals surface area (Å²) in [5, 5.41) is 0. The molecule has 4 rings (SSSR count). The van der Waals surface area contributed by atoms with Crippen LogP contribution < -0.4 is 0 Å². The van der Waals surface area contributed by atoms with E-state index in [0.717, 1.165) is 11.1 Å². The fourth-order valence-electron chi connectivity index (χ4n) is 4.13. The number of benzene rings is 2. The van der Waals surface area contributed by atoms with E-state index in [1.165, 1.54) is 0 Å². The lowest BCUT2D eigenvalue weighted by molar-refractivity contribution is -0.355. The third-order valence-electron chi connectivity index (χ3n) is 5.65. The second-order valence-electron chi connectivity index (χ2n) is 7.65. The van der Waals surface area contributed by atoms with Crippen LogP contribution >= 0.6 is 0 Å². The SMILES string of the molecule is C#CC(=O)C[C@H]1[C@H](OCc2ccccc2)[C@@H](OC)O[C@@H]2COC(c3ccccc3)O[C@@H]12. The van der Waals surface area contributed by atoms with Gasteiger partial charge in [0.15, 0.2) is 12.6 Å². The summed E-state index contributed by atoms with van der Waals surface area (Å²) in [4.78, 5) is 12.3. The molecule has 2 saturated heterocycles. The largest absolute Gasteiger partial charge is 0.368 e. The molecule has 0 saturated carbocycles. The van der Waals surface area contributed by atoms with Crippen molar-refractivity contribution in [3.63, 3.8) is 0 Å². The lowest BCUT2D eigenvalue weighted by atomic mass is 9.84. The number of fused-ring (bicyclic) bond motifs is 1. The summed E-state index contributed by atoms with van der Waals surface area (Å²) in [6.45, 7) is 0.668. The summed E-state index contributed by atoms with van der Waals surface area (Å²) < 4.78 is 30.1. The van der Waals surface area contributed by atoms with E-state index in [-0.39, 0.29) is 18.1 Å². The Balaban J connectivity index is 1.58. The van der Waals surface area contributed by atoms with Gasteiger partial charge in [-0.3, -0.25) is 4.79 Å². The number of Topliss-reactive ketones (excluding diaryl/α,β-unsaturated/α-hetero) is 1. The summed E-state index contributed by atoms with van der Waals surface area (Å²) >= 11 is 0. The van der Waals surface area contributed by atoms with E-state index in [0.29, 0.717) is 13.2 Å². The Morgan fingerprint density at radius 3 is 2.48 bits per heavy atom. The monoisotopic (exact) mass is 422 g/mol. The van der Waals surface area contributed by atoms with Crippen LogP contribution in [-0.2, 0) is 35.1 Å². The summed E-state index contributed by atoms with van der Waals surface area (Å²) in [5.74, 6) is 1.57. The average molecular weight is 422 g/mol. The van der Waals surface area contributed by atoms with Crippen LogP contribution in [-0.4, -0.2) is 44.1 Å². The molecule has 0 N–H and O–H groups in total. The van der Waals surface area contributed by atoms with Crippen LogP contribution in [0, 0.1) is 18.3 Å². The van der Waals surface area contributed by atoms with E-state index in [2.05, 4.69) is 5.92 Å². The molecule has 2 heterocycles. The predicted molar refractivity (Wildman–Crippen MR) is 113 cm³/mol. The van der Waals surface area contributed by atoms with E-state index < -0.39 is 30.9 Å². The highest BCUT2D eigenvalue weighted by Gasteiger charge is 2.51. The highest BCUT2D eigenvalue weighted by molar-refractivity contribution is 5.95. The molecule has 0 spiro atoms. The van der Waals surface area contributed by atoms with E-state index >= 15 is 0 Å². The zero-order chi connectivity index (χ0) is 21.6. The van der Waals surface area contributed by atoms with Crippen LogP contribution in [0.4, 0.5) is 0 Å². The van der Waals surface area contributed by atoms with Gasteiger partial charge >= 0.3 is 0 Å². The smallest absolute Gasteiger partial charge is 0.205 e. The summed E-state index contributed by atoms with van der Waals surface area (Å²) in [6.07, 6.45) is 2.93. The molecule has 6 atom stereocenters. The van der Waals surface area contributed by atoms with Gasteiger partial charge in [-0.1, -0.05) is 60.7 Å². The van der Waals surface area contributed by atoms with Crippen molar-refractivity contribution in [3.8, 4) is 12.3 Å². The highest BCUT2D eigenvalue weighted by Crippen LogP contribution is 2.40. The molecular formula is C25H26O6. The Labute approximate surface area is 182 Å². The second kappa shape index (κ2) is 10.2. The number of carbonyl (C=O) groups is 1. The summed E-state index contributed by atoms with van der Waals surface area (Å²) in [5.41, 5.74) is 1.91. The van der Waals surface area contributed by atoms with Gasteiger partial charge in [-0.2, -0.15) is 0 Å². The average Bonchev–Trinajstić information content (AvgIpc) is 2.83. The lowest BCUT2D eigenvalue weighted by Gasteiger charge is -2.49. The molecule has 0 amide bonds. The van der Waals surface area contributed by atoms with E-state index in [1.54, 1.807) is 7.11 Å². The molecule has 6 heteroatoms. The van der Waals surface area contributed by atoms with Gasteiger partial charge in [0.25, 0.3) is 0 Å². The lowest BCUT2D eigenvalue weighted by Crippen LogP contribution is -2.60. The van der Waals surface area contributed by atoms with Crippen LogP contribution in [0.2, 0.25) is 0 Å². The van der Waals surface area contributed by atoms with Gasteiger partial charge in [0.05, 0.1) is 19.3 Å². The molecule has 0 bridgehead atoms. The number of hydrogen-bond donors (Lipinski definition) is 0. The number of methoxy groups -OCH3 is 1. The van der Waals surface area contributed by atoms with Crippen LogP contribution in [0.15, 0.2) is 60.7 Å². The zero-order valence-electron chi connectivity index (χ0n) is 17.4. The topological polar surface area (TPSA) is 63.2 Å². The quantitative estimate of drug-likeness (QED) is 0.504. The molecule has 0 radical (unpaired) electrons. The van der Waals surface area contributed by atoms with E-state index in [1.807, 2.05) is 60.7 Å². The first kappa shape index (κ1) is 21.7. The molecule has 2 aromatic carbocycles. The van der Waals surface area contributed by atoms with Crippen molar-refractivity contribution in [2.24, 2.45) is 5.92 Å². The van der Waals surface area contributed by atoms with Crippen LogP contribution in [0.1, 0.15) is 23.8 Å². The van der Waals surface area contributed by atoms with Crippen molar-refractivity contribution in [1.82, 2.24) is 0 Å². The van der Waals surface area contributed by atoms with Crippen LogP contribution in [0.3, 0.4) is 0 Å². The fourth-order valence-corrected chi connectivity index (χ4v) is 4.13. The molecule has 2 fully saturated rings. The number of rotatable bonds is 7. The Morgan fingerprint density at radius 2 is 1.81 bits per heavy atom. The molecule has 2 aliphatic rings. The molecular weight excluding hydrogens is 396 g/mol. The molecule has 2 aliphatic heterocycles. The normalized spacial score (nSPS) is 30.2. The summed E-state index contributed by atoms with van der Waals surface area (Å²) in [7, 11) is 1.56. The predicted octanol–water partition coefficient (Wildman–Crippen LogP) is 3.27. The zero-order valence-corrected chi connectivity index (χ0v) is 17.4. The van der Waals surface area contributed by atoms with Gasteiger partial charge < -0.3 is 23.7 Å². The van der Waals surface area contributed by atoms with Crippen molar-refractivity contribution in [2.45, 2.75) is 43.9 Å². The molecule has 0 aromatic heterocycles. The van der Waals surface area contributed by atoms with Crippen LogP contribution in [0.25, 0.3) is 0 Å². The molecule has 6 nitrogen and oxygen atoms in total. The Morgan fingerprint density at radius 1 is 1.10 bits per heavy atom. The number of ether oxygens (including phenoxy) is 5. The maximum absolute atomic E-state index is 12.3. The highest BCUT2D eigenvalue weighted by atomic mass is 16.7. The van der Waals surface area contributed by atoms with Crippen molar-refractivity contribution >= 4 is 5.78 Å².